The number of ether oxygens (including phenoxy) is 2. The number of para-hydroxylation sites is 1. The first-order chi connectivity index (χ1) is 12.1. The zero-order valence-electron chi connectivity index (χ0n) is 13.6. The minimum atomic E-state index is -0.109. The van der Waals surface area contributed by atoms with Crippen molar-refractivity contribution < 1.29 is 14.3 Å². The summed E-state index contributed by atoms with van der Waals surface area (Å²) < 4.78 is 12.2. The van der Waals surface area contributed by atoms with Crippen molar-refractivity contribution in [2.24, 2.45) is 0 Å². The van der Waals surface area contributed by atoms with E-state index in [0.717, 1.165) is 20.4 Å². The monoisotopic (exact) mass is 445 g/mol. The van der Waals surface area contributed by atoms with Crippen LogP contribution in [0.25, 0.3) is 11.6 Å². The molecule has 1 aliphatic heterocycles. The first-order valence-electron chi connectivity index (χ1n) is 7.79. The van der Waals surface area contributed by atoms with Crippen LogP contribution in [0.15, 0.2) is 36.4 Å². The number of rotatable bonds is 5. The quantitative estimate of drug-likeness (QED) is 0.427. The molecule has 25 heavy (non-hydrogen) atoms. The summed E-state index contributed by atoms with van der Waals surface area (Å²) in [7, 11) is 0. The zero-order valence-corrected chi connectivity index (χ0v) is 15.8. The fraction of sp³-hybridized carbons (Fsp3) is 0.150. The van der Waals surface area contributed by atoms with E-state index in [1.807, 2.05) is 49.4 Å². The zero-order chi connectivity index (χ0) is 17.8. The van der Waals surface area contributed by atoms with Gasteiger partial charge in [-0.3, -0.25) is 4.79 Å². The highest BCUT2D eigenvalue weighted by Crippen LogP contribution is 2.37. The van der Waals surface area contributed by atoms with Crippen LogP contribution in [-0.2, 0) is 4.79 Å². The van der Waals surface area contributed by atoms with Gasteiger partial charge in [-0.1, -0.05) is 24.1 Å². The minimum Gasteiger partial charge on any atom is -0.490 e. The molecule has 0 saturated carbocycles. The first kappa shape index (κ1) is 17.4. The van der Waals surface area contributed by atoms with Gasteiger partial charge in [-0.2, -0.15) is 0 Å². The molecule has 0 aromatic heterocycles. The predicted octanol–water partition coefficient (Wildman–Crippen LogP) is 4.19. The van der Waals surface area contributed by atoms with Crippen LogP contribution in [0.2, 0.25) is 0 Å². The fourth-order valence-corrected chi connectivity index (χ4v) is 3.42. The van der Waals surface area contributed by atoms with Crippen LogP contribution < -0.4 is 14.8 Å². The van der Waals surface area contributed by atoms with Gasteiger partial charge >= 0.3 is 0 Å². The summed E-state index contributed by atoms with van der Waals surface area (Å²) in [5, 5.41) is 2.87. The van der Waals surface area contributed by atoms with Gasteiger partial charge in [-0.25, -0.2) is 0 Å². The molecule has 1 heterocycles. The van der Waals surface area contributed by atoms with E-state index in [0.29, 0.717) is 23.7 Å². The summed E-state index contributed by atoms with van der Waals surface area (Å²) in [4.78, 5) is 12.3. The van der Waals surface area contributed by atoms with Crippen molar-refractivity contribution in [1.29, 1.82) is 0 Å². The SMILES string of the molecule is C#CCOc1c(I)cc(/C=C2/C(=O)Nc3ccccc32)cc1OCC. The van der Waals surface area contributed by atoms with Gasteiger partial charge in [-0.05, 0) is 59.4 Å². The maximum Gasteiger partial charge on any atom is 0.256 e. The number of halogens is 1. The average molecular weight is 445 g/mol. The second-order valence-corrected chi connectivity index (χ2v) is 6.48. The summed E-state index contributed by atoms with van der Waals surface area (Å²) in [5.74, 6) is 3.59. The summed E-state index contributed by atoms with van der Waals surface area (Å²) >= 11 is 2.18. The Kier molecular flexibility index (Phi) is 5.29. The highest BCUT2D eigenvalue weighted by atomic mass is 127. The Morgan fingerprint density at radius 2 is 2.08 bits per heavy atom. The molecular weight excluding hydrogens is 429 g/mol. The van der Waals surface area contributed by atoms with Gasteiger partial charge in [0.2, 0.25) is 0 Å². The Labute approximate surface area is 160 Å². The molecule has 1 aliphatic rings. The molecule has 0 unspecified atom stereocenters. The van der Waals surface area contributed by atoms with E-state index in [9.17, 15) is 4.79 Å². The van der Waals surface area contributed by atoms with Gasteiger partial charge in [0.15, 0.2) is 11.5 Å². The van der Waals surface area contributed by atoms with E-state index < -0.39 is 0 Å². The molecule has 1 N–H and O–H groups in total. The fourth-order valence-electron chi connectivity index (χ4n) is 2.64. The van der Waals surface area contributed by atoms with Crippen LogP contribution in [0, 0.1) is 15.9 Å². The minimum absolute atomic E-state index is 0.109. The highest BCUT2D eigenvalue weighted by Gasteiger charge is 2.23. The lowest BCUT2D eigenvalue weighted by Gasteiger charge is -2.13. The van der Waals surface area contributed by atoms with E-state index in [1.165, 1.54) is 0 Å². The summed E-state index contributed by atoms with van der Waals surface area (Å²) in [6.45, 7) is 2.59. The largest absolute Gasteiger partial charge is 0.490 e. The summed E-state index contributed by atoms with van der Waals surface area (Å²) in [6.07, 6.45) is 7.14. The van der Waals surface area contributed by atoms with Crippen LogP contribution in [0.5, 0.6) is 11.5 Å². The standard InChI is InChI=1S/C20H16INO3/c1-3-9-25-19-16(21)11-13(12-18(19)24-4-2)10-15-14-7-5-6-8-17(14)22-20(15)23/h1,5-8,10-12H,4,9H2,2H3,(H,22,23)/b15-10+. The normalized spacial score (nSPS) is 14.0. The Morgan fingerprint density at radius 3 is 2.84 bits per heavy atom. The molecule has 0 aliphatic carbocycles. The third-order valence-electron chi connectivity index (χ3n) is 3.65. The number of nitrogens with one attached hydrogen (secondary N) is 1. The number of anilines is 1. The van der Waals surface area contributed by atoms with Crippen molar-refractivity contribution in [3.05, 3.63) is 51.1 Å². The number of carbonyl (C=O) groups excluding carboxylic acids is 1. The topological polar surface area (TPSA) is 47.6 Å². The molecule has 0 atom stereocenters. The molecule has 0 fully saturated rings. The molecular formula is C20H16INO3. The average Bonchev–Trinajstić information content (AvgIpc) is 2.90. The predicted molar refractivity (Wildman–Crippen MR) is 108 cm³/mol. The lowest BCUT2D eigenvalue weighted by Crippen LogP contribution is -2.04. The molecule has 2 aromatic rings. The molecule has 0 bridgehead atoms. The lowest BCUT2D eigenvalue weighted by molar-refractivity contribution is -0.110. The van der Waals surface area contributed by atoms with Crippen molar-refractivity contribution in [3.8, 4) is 23.8 Å². The number of carbonyl (C=O) groups is 1. The van der Waals surface area contributed by atoms with Gasteiger partial charge in [0.05, 0.1) is 10.2 Å². The number of hydrogen-bond acceptors (Lipinski definition) is 3. The van der Waals surface area contributed by atoms with Gasteiger partial charge in [0, 0.05) is 16.8 Å². The van der Waals surface area contributed by atoms with Crippen molar-refractivity contribution in [1.82, 2.24) is 0 Å². The van der Waals surface area contributed by atoms with Crippen molar-refractivity contribution in [2.75, 3.05) is 18.5 Å². The van der Waals surface area contributed by atoms with Crippen molar-refractivity contribution >= 4 is 45.8 Å². The molecule has 3 rings (SSSR count). The van der Waals surface area contributed by atoms with Crippen LogP contribution in [0.3, 0.4) is 0 Å². The number of fused-ring (bicyclic) bond motifs is 1. The maximum atomic E-state index is 12.3. The molecule has 0 radical (unpaired) electrons. The summed E-state index contributed by atoms with van der Waals surface area (Å²) in [6, 6.07) is 11.4. The molecule has 1 amide bonds. The lowest BCUT2D eigenvalue weighted by atomic mass is 10.0. The molecule has 126 valence electrons. The second-order valence-electron chi connectivity index (χ2n) is 5.31. The Balaban J connectivity index is 2.04. The number of amides is 1. The molecule has 2 aromatic carbocycles. The number of terminal acetylenes is 1. The molecule has 5 heteroatoms. The van der Waals surface area contributed by atoms with E-state index in [4.69, 9.17) is 15.9 Å². The Morgan fingerprint density at radius 1 is 1.28 bits per heavy atom. The van der Waals surface area contributed by atoms with Crippen LogP contribution in [0.1, 0.15) is 18.1 Å². The molecule has 4 nitrogen and oxygen atoms in total. The smallest absolute Gasteiger partial charge is 0.256 e. The van der Waals surface area contributed by atoms with Crippen LogP contribution in [-0.4, -0.2) is 19.1 Å². The van der Waals surface area contributed by atoms with Gasteiger partial charge in [-0.15, -0.1) is 6.42 Å². The van der Waals surface area contributed by atoms with Crippen LogP contribution in [0.4, 0.5) is 5.69 Å². The van der Waals surface area contributed by atoms with E-state index in [1.54, 1.807) is 0 Å². The molecule has 0 spiro atoms. The van der Waals surface area contributed by atoms with Gasteiger partial charge in [0.25, 0.3) is 5.91 Å². The van der Waals surface area contributed by atoms with E-state index in [2.05, 4.69) is 33.8 Å². The van der Waals surface area contributed by atoms with Gasteiger partial charge in [0.1, 0.15) is 6.61 Å². The van der Waals surface area contributed by atoms with E-state index >= 15 is 0 Å². The Bertz CT molecular complexity index is 896. The third kappa shape index (κ3) is 3.64. The second kappa shape index (κ2) is 7.62. The van der Waals surface area contributed by atoms with Crippen molar-refractivity contribution in [2.45, 2.75) is 6.92 Å². The van der Waals surface area contributed by atoms with Crippen molar-refractivity contribution in [3.63, 3.8) is 0 Å². The number of benzene rings is 2. The highest BCUT2D eigenvalue weighted by molar-refractivity contribution is 14.1. The third-order valence-corrected chi connectivity index (χ3v) is 4.45. The van der Waals surface area contributed by atoms with E-state index in [-0.39, 0.29) is 12.5 Å². The van der Waals surface area contributed by atoms with Crippen LogP contribution >= 0.6 is 22.6 Å². The Hall–Kier alpha value is -2.46. The summed E-state index contributed by atoms with van der Waals surface area (Å²) in [5.41, 5.74) is 3.22. The molecule has 0 saturated heterocycles. The first-order valence-corrected chi connectivity index (χ1v) is 8.87. The van der Waals surface area contributed by atoms with Gasteiger partial charge < -0.3 is 14.8 Å². The number of hydrogen-bond donors (Lipinski definition) is 1. The maximum absolute atomic E-state index is 12.3.